The zero-order chi connectivity index (χ0) is 22.9. The smallest absolute Gasteiger partial charge is 0.415 e. The summed E-state index contributed by atoms with van der Waals surface area (Å²) in [5.41, 5.74) is 1.48. The van der Waals surface area contributed by atoms with Crippen LogP contribution in [0.1, 0.15) is 16.9 Å². The van der Waals surface area contributed by atoms with Crippen LogP contribution in [0.25, 0.3) is 0 Å². The van der Waals surface area contributed by atoms with E-state index >= 15 is 0 Å². The third-order valence-electron chi connectivity index (χ3n) is 5.81. The van der Waals surface area contributed by atoms with Gasteiger partial charge in [-0.25, -0.2) is 9.78 Å². The Labute approximate surface area is 194 Å². The van der Waals surface area contributed by atoms with Gasteiger partial charge in [0.15, 0.2) is 0 Å². The number of aromatic nitrogens is 1. The van der Waals surface area contributed by atoms with Crippen LogP contribution in [-0.2, 0) is 14.3 Å². The van der Waals surface area contributed by atoms with E-state index in [2.05, 4.69) is 10.3 Å². The number of carbonyl (C=O) groups excluding carboxylic acids is 3. The van der Waals surface area contributed by atoms with Gasteiger partial charge in [-0.05, 0) is 24.3 Å². The summed E-state index contributed by atoms with van der Waals surface area (Å²) in [7, 11) is 0. The number of morpholine rings is 1. The molecule has 5 rings (SSSR count). The van der Waals surface area contributed by atoms with E-state index in [1.54, 1.807) is 34.1 Å². The molecule has 0 unspecified atom stereocenters. The zero-order valence-corrected chi connectivity index (χ0v) is 18.3. The van der Waals surface area contributed by atoms with Crippen LogP contribution in [0.3, 0.4) is 0 Å². The quantitative estimate of drug-likeness (QED) is 0.724. The van der Waals surface area contributed by atoms with Crippen LogP contribution in [0.2, 0.25) is 5.02 Å². The molecule has 2 saturated heterocycles. The van der Waals surface area contributed by atoms with Crippen molar-refractivity contribution in [1.82, 2.24) is 10.3 Å². The molecule has 0 saturated carbocycles. The number of nitrogens with one attached hydrogen (secondary N) is 1. The van der Waals surface area contributed by atoms with Gasteiger partial charge >= 0.3 is 6.09 Å². The van der Waals surface area contributed by atoms with Gasteiger partial charge in [0.1, 0.15) is 24.2 Å². The number of amides is 3. The molecule has 3 aliphatic heterocycles. The van der Waals surface area contributed by atoms with Gasteiger partial charge in [0, 0.05) is 30.9 Å². The zero-order valence-electron chi connectivity index (χ0n) is 17.5. The first-order valence-corrected chi connectivity index (χ1v) is 10.9. The summed E-state index contributed by atoms with van der Waals surface area (Å²) in [4.78, 5) is 44.5. The summed E-state index contributed by atoms with van der Waals surface area (Å²) in [6, 6.07) is 8.09. The molecule has 1 N–H and O–H groups in total. The number of anilines is 2. The number of hydrogen-bond donors (Lipinski definition) is 1. The maximum absolute atomic E-state index is 12.8. The lowest BCUT2D eigenvalue weighted by Crippen LogP contribution is -2.42. The molecule has 0 bridgehead atoms. The number of benzene rings is 1. The van der Waals surface area contributed by atoms with Crippen LogP contribution in [0.15, 0.2) is 36.5 Å². The molecule has 3 aliphatic rings. The number of nitrogens with zero attached hydrogens (tertiary/aromatic N) is 3. The van der Waals surface area contributed by atoms with Crippen LogP contribution >= 0.6 is 11.6 Å². The highest BCUT2D eigenvalue weighted by molar-refractivity contribution is 6.30. The predicted octanol–water partition coefficient (Wildman–Crippen LogP) is 2.00. The summed E-state index contributed by atoms with van der Waals surface area (Å²) in [5, 5.41) is 3.21. The average Bonchev–Trinajstić information content (AvgIpc) is 3.00. The van der Waals surface area contributed by atoms with Crippen molar-refractivity contribution in [3.63, 3.8) is 0 Å². The second kappa shape index (κ2) is 8.87. The van der Waals surface area contributed by atoms with Gasteiger partial charge in [-0.1, -0.05) is 11.6 Å². The SMILES string of the molecule is O=C(NC[C@@H]1OC(=O)N2c3ccc(N4CCOCC4=O)cc3OCC[C@@H]12)c1ccc(Cl)cn1. The minimum atomic E-state index is -0.552. The Morgan fingerprint density at radius 1 is 1.21 bits per heavy atom. The number of cyclic esters (lactones) is 1. The van der Waals surface area contributed by atoms with Gasteiger partial charge in [0.2, 0.25) is 0 Å². The van der Waals surface area contributed by atoms with Crippen molar-refractivity contribution in [3.8, 4) is 5.75 Å². The van der Waals surface area contributed by atoms with Gasteiger partial charge in [0.25, 0.3) is 11.8 Å². The van der Waals surface area contributed by atoms with Gasteiger partial charge < -0.3 is 24.4 Å². The van der Waals surface area contributed by atoms with Crippen molar-refractivity contribution in [2.24, 2.45) is 0 Å². The van der Waals surface area contributed by atoms with Crippen LogP contribution in [0, 0.1) is 0 Å². The van der Waals surface area contributed by atoms with E-state index in [-0.39, 0.29) is 36.7 Å². The predicted molar refractivity (Wildman–Crippen MR) is 118 cm³/mol. The Bertz CT molecular complexity index is 1090. The molecule has 2 aromatic rings. The first-order chi connectivity index (χ1) is 16.0. The number of carbonyl (C=O) groups is 3. The number of ether oxygens (including phenoxy) is 3. The van der Waals surface area contributed by atoms with Crippen molar-refractivity contribution in [2.75, 3.05) is 42.7 Å². The van der Waals surface area contributed by atoms with E-state index in [0.29, 0.717) is 48.3 Å². The van der Waals surface area contributed by atoms with Gasteiger partial charge in [0.05, 0.1) is 36.5 Å². The number of rotatable bonds is 4. The first-order valence-electron chi connectivity index (χ1n) is 10.6. The maximum atomic E-state index is 12.8. The lowest BCUT2D eigenvalue weighted by atomic mass is 10.1. The normalized spacial score (nSPS) is 22.1. The maximum Gasteiger partial charge on any atom is 0.415 e. The van der Waals surface area contributed by atoms with E-state index < -0.39 is 12.2 Å². The van der Waals surface area contributed by atoms with Crippen molar-refractivity contribution in [1.29, 1.82) is 0 Å². The third kappa shape index (κ3) is 4.19. The molecular formula is C22H21ClN4O6. The fraction of sp³-hybridized carbons (Fsp3) is 0.364. The van der Waals surface area contributed by atoms with Crippen LogP contribution in [0.5, 0.6) is 5.75 Å². The lowest BCUT2D eigenvalue weighted by Gasteiger charge is -2.28. The molecule has 172 valence electrons. The second-order valence-corrected chi connectivity index (χ2v) is 8.25. The number of pyridine rings is 1. The van der Waals surface area contributed by atoms with E-state index in [0.717, 1.165) is 0 Å². The summed E-state index contributed by atoms with van der Waals surface area (Å²) < 4.78 is 16.7. The molecule has 4 heterocycles. The molecule has 1 aromatic heterocycles. The molecule has 1 aromatic carbocycles. The molecular weight excluding hydrogens is 452 g/mol. The van der Waals surface area contributed by atoms with Crippen molar-refractivity contribution in [2.45, 2.75) is 18.6 Å². The topological polar surface area (TPSA) is 110 Å². The van der Waals surface area contributed by atoms with Crippen molar-refractivity contribution < 1.29 is 28.6 Å². The largest absolute Gasteiger partial charge is 0.491 e. The highest BCUT2D eigenvalue weighted by atomic mass is 35.5. The molecule has 33 heavy (non-hydrogen) atoms. The van der Waals surface area contributed by atoms with E-state index in [1.165, 1.54) is 12.3 Å². The van der Waals surface area contributed by atoms with Gasteiger partial charge in [-0.15, -0.1) is 0 Å². The minimum absolute atomic E-state index is 0.0391. The molecule has 2 fully saturated rings. The Hall–Kier alpha value is -3.37. The van der Waals surface area contributed by atoms with Crippen LogP contribution in [0.4, 0.5) is 16.2 Å². The Morgan fingerprint density at radius 3 is 2.88 bits per heavy atom. The molecule has 0 aliphatic carbocycles. The molecule has 0 spiro atoms. The third-order valence-corrected chi connectivity index (χ3v) is 6.03. The minimum Gasteiger partial charge on any atom is -0.491 e. The van der Waals surface area contributed by atoms with E-state index in [9.17, 15) is 14.4 Å². The molecule has 3 amide bonds. The van der Waals surface area contributed by atoms with Crippen molar-refractivity contribution >= 4 is 40.9 Å². The molecule has 10 nitrogen and oxygen atoms in total. The highest BCUT2D eigenvalue weighted by Gasteiger charge is 2.45. The summed E-state index contributed by atoms with van der Waals surface area (Å²) in [5.74, 6) is -0.00758. The highest BCUT2D eigenvalue weighted by Crippen LogP contribution is 2.40. The number of fused-ring (bicyclic) bond motifs is 3. The molecule has 2 atom stereocenters. The molecule has 0 radical (unpaired) electrons. The summed E-state index contributed by atoms with van der Waals surface area (Å²) in [6.07, 6.45) is 0.854. The van der Waals surface area contributed by atoms with Crippen LogP contribution in [-0.4, -0.2) is 67.9 Å². The fourth-order valence-corrected chi connectivity index (χ4v) is 4.31. The number of halogens is 1. The molecule has 11 heteroatoms. The van der Waals surface area contributed by atoms with Crippen LogP contribution < -0.4 is 19.9 Å². The average molecular weight is 473 g/mol. The summed E-state index contributed by atoms with van der Waals surface area (Å²) >= 11 is 5.81. The Morgan fingerprint density at radius 2 is 2.09 bits per heavy atom. The lowest BCUT2D eigenvalue weighted by molar-refractivity contribution is -0.125. The van der Waals surface area contributed by atoms with Gasteiger partial charge in [-0.2, -0.15) is 0 Å². The first kappa shape index (κ1) is 21.5. The van der Waals surface area contributed by atoms with E-state index in [4.69, 9.17) is 25.8 Å². The Balaban J connectivity index is 1.32. The summed E-state index contributed by atoms with van der Waals surface area (Å²) in [6.45, 7) is 1.44. The number of hydrogen-bond acceptors (Lipinski definition) is 7. The Kier molecular flexibility index (Phi) is 5.77. The standard InChI is InChI=1S/C22H21ClN4O6/c23-13-1-3-15(24-10-13)21(29)25-11-19-17-5-7-32-18-9-14(26-6-8-31-12-20(26)28)2-4-16(18)27(17)22(30)33-19/h1-4,9-10,17,19H,5-8,11-12H2,(H,25,29)/t17-,19-/m0/s1. The van der Waals surface area contributed by atoms with Gasteiger partial charge in [-0.3, -0.25) is 14.5 Å². The monoisotopic (exact) mass is 472 g/mol. The van der Waals surface area contributed by atoms with E-state index in [1.807, 2.05) is 0 Å². The second-order valence-electron chi connectivity index (χ2n) is 7.82. The fourth-order valence-electron chi connectivity index (χ4n) is 4.20. The van der Waals surface area contributed by atoms with Crippen molar-refractivity contribution in [3.05, 3.63) is 47.2 Å².